The number of carbonyl (C=O) groups excluding carboxylic acids is 1. The minimum absolute atomic E-state index is 0.0731. The molecule has 0 atom stereocenters. The molecule has 6 heteroatoms. The molecule has 0 unspecified atom stereocenters. The number of amides is 1. The summed E-state index contributed by atoms with van der Waals surface area (Å²) in [5.41, 5.74) is 3.00. The van der Waals surface area contributed by atoms with Crippen LogP contribution in [0.3, 0.4) is 0 Å². The van der Waals surface area contributed by atoms with Crippen LogP contribution in [0.4, 0.5) is 0 Å². The SMILES string of the molecule is O=C(Cc1ccc2[nH]c(=O)[nH]c2c1)NCc1cccnc1. The van der Waals surface area contributed by atoms with Crippen LogP contribution >= 0.6 is 0 Å². The van der Waals surface area contributed by atoms with Crippen LogP contribution in [0.15, 0.2) is 47.5 Å². The van der Waals surface area contributed by atoms with E-state index in [0.717, 1.165) is 16.6 Å². The molecule has 106 valence electrons. The summed E-state index contributed by atoms with van der Waals surface area (Å²) in [7, 11) is 0. The average Bonchev–Trinajstić information content (AvgIpc) is 2.85. The summed E-state index contributed by atoms with van der Waals surface area (Å²) < 4.78 is 0. The highest BCUT2D eigenvalue weighted by Gasteiger charge is 2.05. The second-order valence-corrected chi connectivity index (χ2v) is 4.77. The predicted molar refractivity (Wildman–Crippen MR) is 78.7 cm³/mol. The molecular formula is C15H14N4O2. The minimum Gasteiger partial charge on any atom is -0.352 e. The first-order valence-electron chi connectivity index (χ1n) is 6.57. The zero-order valence-electron chi connectivity index (χ0n) is 11.2. The van der Waals surface area contributed by atoms with Crippen molar-refractivity contribution in [3.05, 3.63) is 64.3 Å². The van der Waals surface area contributed by atoms with E-state index in [1.807, 2.05) is 18.2 Å². The molecule has 0 bridgehead atoms. The third kappa shape index (κ3) is 3.17. The summed E-state index contributed by atoms with van der Waals surface area (Å²) in [6, 6.07) is 9.16. The molecule has 3 rings (SSSR count). The van der Waals surface area contributed by atoms with Crippen LogP contribution in [0.25, 0.3) is 11.0 Å². The first-order valence-corrected chi connectivity index (χ1v) is 6.57. The molecule has 0 spiro atoms. The number of hydrogen-bond donors (Lipinski definition) is 3. The molecule has 21 heavy (non-hydrogen) atoms. The maximum atomic E-state index is 11.9. The van der Waals surface area contributed by atoms with Crippen LogP contribution in [0.2, 0.25) is 0 Å². The molecule has 6 nitrogen and oxygen atoms in total. The number of imidazole rings is 1. The van der Waals surface area contributed by atoms with Crippen molar-refractivity contribution >= 4 is 16.9 Å². The first kappa shape index (κ1) is 13.1. The van der Waals surface area contributed by atoms with E-state index in [9.17, 15) is 9.59 Å². The maximum absolute atomic E-state index is 11.9. The van der Waals surface area contributed by atoms with Gasteiger partial charge in [0.25, 0.3) is 0 Å². The number of aromatic nitrogens is 3. The largest absolute Gasteiger partial charge is 0.352 e. The van der Waals surface area contributed by atoms with Gasteiger partial charge in [0.1, 0.15) is 0 Å². The van der Waals surface area contributed by atoms with Gasteiger partial charge in [0.15, 0.2) is 0 Å². The number of H-pyrrole nitrogens is 2. The van der Waals surface area contributed by atoms with Crippen molar-refractivity contribution in [2.45, 2.75) is 13.0 Å². The molecule has 0 saturated carbocycles. The van der Waals surface area contributed by atoms with Crippen molar-refractivity contribution in [3.63, 3.8) is 0 Å². The molecular weight excluding hydrogens is 268 g/mol. The predicted octanol–water partition coefficient (Wildman–Crippen LogP) is 1.11. The standard InChI is InChI=1S/C15H14N4O2/c20-14(17-9-11-2-1-5-16-8-11)7-10-3-4-12-13(6-10)19-15(21)18-12/h1-6,8H,7,9H2,(H,17,20)(H2,18,19,21). The van der Waals surface area contributed by atoms with Gasteiger partial charge in [-0.3, -0.25) is 9.78 Å². The highest BCUT2D eigenvalue weighted by atomic mass is 16.1. The van der Waals surface area contributed by atoms with Gasteiger partial charge in [0.2, 0.25) is 5.91 Å². The number of nitrogens with zero attached hydrogens (tertiary/aromatic N) is 1. The molecule has 0 aliphatic rings. The van der Waals surface area contributed by atoms with Gasteiger partial charge in [-0.2, -0.15) is 0 Å². The van der Waals surface area contributed by atoms with E-state index in [2.05, 4.69) is 20.3 Å². The first-order chi connectivity index (χ1) is 10.2. The molecule has 1 amide bonds. The number of carbonyl (C=O) groups is 1. The Morgan fingerprint density at radius 1 is 1.14 bits per heavy atom. The van der Waals surface area contributed by atoms with E-state index >= 15 is 0 Å². The third-order valence-electron chi connectivity index (χ3n) is 3.16. The molecule has 0 aliphatic heterocycles. The summed E-state index contributed by atoms with van der Waals surface area (Å²) in [5.74, 6) is -0.0731. The van der Waals surface area contributed by atoms with E-state index in [-0.39, 0.29) is 18.0 Å². The van der Waals surface area contributed by atoms with E-state index in [4.69, 9.17) is 0 Å². The van der Waals surface area contributed by atoms with Crippen molar-refractivity contribution in [3.8, 4) is 0 Å². The number of rotatable bonds is 4. The Morgan fingerprint density at radius 2 is 2.00 bits per heavy atom. The van der Waals surface area contributed by atoms with Gasteiger partial charge in [-0.15, -0.1) is 0 Å². The van der Waals surface area contributed by atoms with Gasteiger partial charge in [0.05, 0.1) is 17.5 Å². The zero-order valence-corrected chi connectivity index (χ0v) is 11.2. The molecule has 0 saturated heterocycles. The van der Waals surface area contributed by atoms with Crippen LogP contribution in [-0.4, -0.2) is 20.9 Å². The van der Waals surface area contributed by atoms with Crippen LogP contribution in [0.1, 0.15) is 11.1 Å². The van der Waals surface area contributed by atoms with Gasteiger partial charge < -0.3 is 15.3 Å². The van der Waals surface area contributed by atoms with Crippen molar-refractivity contribution in [1.82, 2.24) is 20.3 Å². The third-order valence-corrected chi connectivity index (χ3v) is 3.16. The molecule has 0 aliphatic carbocycles. The van der Waals surface area contributed by atoms with Gasteiger partial charge in [0, 0.05) is 18.9 Å². The Bertz CT molecular complexity index is 820. The average molecular weight is 282 g/mol. The normalized spacial score (nSPS) is 10.7. The lowest BCUT2D eigenvalue weighted by Gasteiger charge is -2.05. The summed E-state index contributed by atoms with van der Waals surface area (Å²) in [6.45, 7) is 0.454. The van der Waals surface area contributed by atoms with Gasteiger partial charge in [-0.05, 0) is 29.3 Å². The molecule has 3 N–H and O–H groups in total. The van der Waals surface area contributed by atoms with E-state index in [1.165, 1.54) is 0 Å². The number of hydrogen-bond acceptors (Lipinski definition) is 3. The molecule has 3 aromatic rings. The fraction of sp³-hybridized carbons (Fsp3) is 0.133. The summed E-state index contributed by atoms with van der Waals surface area (Å²) in [6.07, 6.45) is 3.68. The Balaban J connectivity index is 1.64. The lowest BCUT2D eigenvalue weighted by molar-refractivity contribution is -0.120. The van der Waals surface area contributed by atoms with Crippen LogP contribution in [-0.2, 0) is 17.8 Å². The summed E-state index contributed by atoms with van der Waals surface area (Å²) in [5, 5.41) is 2.84. The second kappa shape index (κ2) is 5.62. The fourth-order valence-corrected chi connectivity index (χ4v) is 2.14. The maximum Gasteiger partial charge on any atom is 0.323 e. The lowest BCUT2D eigenvalue weighted by Crippen LogP contribution is -2.24. The monoisotopic (exact) mass is 282 g/mol. The van der Waals surface area contributed by atoms with Crippen LogP contribution in [0, 0.1) is 0 Å². The smallest absolute Gasteiger partial charge is 0.323 e. The Labute approximate surface area is 120 Å². The number of aromatic amines is 2. The minimum atomic E-state index is -0.247. The molecule has 0 radical (unpaired) electrons. The van der Waals surface area contributed by atoms with Crippen molar-refractivity contribution in [2.24, 2.45) is 0 Å². The zero-order chi connectivity index (χ0) is 14.7. The van der Waals surface area contributed by atoms with Gasteiger partial charge in [-0.25, -0.2) is 4.79 Å². The topological polar surface area (TPSA) is 90.6 Å². The Hall–Kier alpha value is -2.89. The van der Waals surface area contributed by atoms with Gasteiger partial charge in [-0.1, -0.05) is 12.1 Å². The van der Waals surface area contributed by atoms with Crippen molar-refractivity contribution in [2.75, 3.05) is 0 Å². The van der Waals surface area contributed by atoms with Gasteiger partial charge >= 0.3 is 5.69 Å². The Kier molecular flexibility index (Phi) is 3.51. The second-order valence-electron chi connectivity index (χ2n) is 4.77. The van der Waals surface area contributed by atoms with Crippen molar-refractivity contribution < 1.29 is 4.79 Å². The summed E-state index contributed by atoms with van der Waals surface area (Å²) in [4.78, 5) is 32.4. The van der Waals surface area contributed by atoms with E-state index in [0.29, 0.717) is 12.1 Å². The van der Waals surface area contributed by atoms with E-state index < -0.39 is 0 Å². The summed E-state index contributed by atoms with van der Waals surface area (Å²) >= 11 is 0. The van der Waals surface area contributed by atoms with Crippen LogP contribution < -0.4 is 11.0 Å². The number of fused-ring (bicyclic) bond motifs is 1. The van der Waals surface area contributed by atoms with E-state index in [1.54, 1.807) is 24.5 Å². The number of pyridine rings is 1. The number of benzene rings is 1. The Morgan fingerprint density at radius 3 is 2.81 bits per heavy atom. The fourth-order valence-electron chi connectivity index (χ4n) is 2.14. The molecule has 2 heterocycles. The van der Waals surface area contributed by atoms with Crippen molar-refractivity contribution in [1.29, 1.82) is 0 Å². The highest BCUT2D eigenvalue weighted by molar-refractivity contribution is 5.81. The molecule has 1 aromatic carbocycles. The number of nitrogens with one attached hydrogen (secondary N) is 3. The van der Waals surface area contributed by atoms with Crippen LogP contribution in [0.5, 0.6) is 0 Å². The molecule has 0 fully saturated rings. The highest BCUT2D eigenvalue weighted by Crippen LogP contribution is 2.10. The quantitative estimate of drug-likeness (QED) is 0.669. The lowest BCUT2D eigenvalue weighted by atomic mass is 10.1. The molecule has 2 aromatic heterocycles.